The quantitative estimate of drug-likeness (QED) is 0.339. The van der Waals surface area contributed by atoms with Gasteiger partial charge in [-0.2, -0.15) is 57.1 Å². The maximum Gasteiger partial charge on any atom is 0.460 e. The maximum atomic E-state index is 14.4. The summed E-state index contributed by atoms with van der Waals surface area (Å²) in [6.07, 6.45) is -18.9. The van der Waals surface area contributed by atoms with E-state index >= 15 is 0 Å². The van der Waals surface area contributed by atoms with E-state index in [1.165, 1.54) is 13.8 Å². The molecule has 0 spiro atoms. The smallest absolute Gasteiger partial charge is 0.384 e. The second kappa shape index (κ2) is 8.59. The van der Waals surface area contributed by atoms with Crippen molar-refractivity contribution in [3.63, 3.8) is 0 Å². The van der Waals surface area contributed by atoms with Crippen molar-refractivity contribution in [3.05, 3.63) is 12.7 Å². The first-order valence-electron chi connectivity index (χ1n) is 9.28. The van der Waals surface area contributed by atoms with E-state index in [0.29, 0.717) is 0 Å². The van der Waals surface area contributed by atoms with Gasteiger partial charge in [0, 0.05) is 0 Å². The van der Waals surface area contributed by atoms with Gasteiger partial charge in [-0.25, -0.2) is 0 Å². The third-order valence-electron chi connectivity index (χ3n) is 5.07. The van der Waals surface area contributed by atoms with E-state index < -0.39 is 78.9 Å². The summed E-state index contributed by atoms with van der Waals surface area (Å²) in [7, 11) is 0. The maximum absolute atomic E-state index is 14.4. The van der Waals surface area contributed by atoms with Gasteiger partial charge in [0.2, 0.25) is 0 Å². The zero-order chi connectivity index (χ0) is 27.6. The molecule has 2 fully saturated rings. The van der Waals surface area contributed by atoms with Gasteiger partial charge in [0.15, 0.2) is 18.2 Å². The molecule has 0 saturated carbocycles. The zero-order valence-electron chi connectivity index (χ0n) is 17.4. The van der Waals surface area contributed by atoms with Crippen molar-refractivity contribution in [2.24, 2.45) is 0 Å². The number of rotatable bonds is 9. The van der Waals surface area contributed by atoms with Crippen LogP contribution in [0.1, 0.15) is 13.8 Å². The Hall–Kier alpha value is -1.37. The summed E-state index contributed by atoms with van der Waals surface area (Å²) < 4.78 is 194. The summed E-state index contributed by atoms with van der Waals surface area (Å²) in [6, 6.07) is 0. The second-order valence-corrected chi connectivity index (χ2v) is 8.02. The zero-order valence-corrected chi connectivity index (χ0v) is 17.4. The topological polar surface area (TPSA) is 57.2 Å². The minimum atomic E-state index is -8.09. The number of hydrogen-bond donors (Lipinski definition) is 1. The molecule has 0 amide bonds. The van der Waals surface area contributed by atoms with Gasteiger partial charge in [-0.3, -0.25) is 0 Å². The van der Waals surface area contributed by atoms with Crippen molar-refractivity contribution < 1.29 is 81.1 Å². The normalized spacial score (nSPS) is 29.3. The molecule has 0 aromatic rings. The summed E-state index contributed by atoms with van der Waals surface area (Å²) in [5.41, 5.74) is 0. The number of aliphatic hydroxyl groups excluding tert-OH is 1. The van der Waals surface area contributed by atoms with Crippen molar-refractivity contribution in [2.45, 2.75) is 86.1 Å². The molecular weight excluding hydrogens is 531 g/mol. The Morgan fingerprint density at radius 3 is 1.80 bits per heavy atom. The van der Waals surface area contributed by atoms with Crippen molar-refractivity contribution in [3.8, 4) is 0 Å². The van der Waals surface area contributed by atoms with Crippen LogP contribution in [0.4, 0.5) is 57.1 Å². The molecule has 5 nitrogen and oxygen atoms in total. The summed E-state index contributed by atoms with van der Waals surface area (Å²) >= 11 is 0. The second-order valence-electron chi connectivity index (χ2n) is 8.02. The third-order valence-corrected chi connectivity index (χ3v) is 5.07. The van der Waals surface area contributed by atoms with Crippen molar-refractivity contribution in [1.29, 1.82) is 0 Å². The van der Waals surface area contributed by atoms with Crippen molar-refractivity contribution >= 4 is 0 Å². The van der Waals surface area contributed by atoms with Crippen LogP contribution in [0.25, 0.3) is 0 Å². The van der Waals surface area contributed by atoms with Crippen LogP contribution in [0.5, 0.6) is 0 Å². The van der Waals surface area contributed by atoms with E-state index in [9.17, 15) is 62.2 Å². The fourth-order valence-corrected chi connectivity index (χ4v) is 3.30. The molecule has 2 aliphatic rings. The molecule has 0 unspecified atom stereocenters. The highest BCUT2D eigenvalue weighted by Gasteiger charge is 2.91. The Morgan fingerprint density at radius 1 is 0.857 bits per heavy atom. The monoisotopic (exact) mass is 548 g/mol. The van der Waals surface area contributed by atoms with Crippen LogP contribution in [-0.2, 0) is 18.9 Å². The van der Waals surface area contributed by atoms with Gasteiger partial charge in [0.05, 0.1) is 6.61 Å². The molecular formula is C17H17F13O5. The van der Waals surface area contributed by atoms with E-state index in [2.05, 4.69) is 6.58 Å². The van der Waals surface area contributed by atoms with Gasteiger partial charge in [-0.1, -0.05) is 6.08 Å². The number of halogens is 13. The van der Waals surface area contributed by atoms with Crippen LogP contribution in [0, 0.1) is 0 Å². The molecule has 0 aromatic carbocycles. The standard InChI is InChI=1S/C17H17F13O5/c1-4-5-32-6-7(33-10-8(6)34-11(2,3)35-10)9(31)12(18,19)13(20,21)14(22,23)15(24,25)16(26,27)17(28,29)30/h4,6-10,31H,1,5H2,2-3H3/t6-,7-,8+,9+,10+/m0/s1. The molecule has 2 aliphatic heterocycles. The molecule has 1 N–H and O–H groups in total. The first-order chi connectivity index (χ1) is 15.4. The number of ether oxygens (including phenoxy) is 4. The molecule has 2 rings (SSSR count). The molecule has 206 valence electrons. The Morgan fingerprint density at radius 2 is 1.34 bits per heavy atom. The number of fused-ring (bicyclic) bond motifs is 1. The lowest BCUT2D eigenvalue weighted by Crippen LogP contribution is -2.72. The summed E-state index contributed by atoms with van der Waals surface area (Å²) in [5, 5.41) is 9.80. The van der Waals surface area contributed by atoms with Crippen LogP contribution < -0.4 is 0 Å². The molecule has 18 heteroatoms. The SMILES string of the molecule is C=CCO[C@@H]1[C@H]2OC(C)(C)O[C@H]2O[C@@H]1[C@@H](O)C(F)(F)C(F)(F)C(F)(F)C(F)(F)C(F)(F)C(F)(F)F. The Labute approximate surface area is 187 Å². The van der Waals surface area contributed by atoms with Gasteiger partial charge in [-0.05, 0) is 13.8 Å². The van der Waals surface area contributed by atoms with Crippen molar-refractivity contribution in [1.82, 2.24) is 0 Å². The van der Waals surface area contributed by atoms with Crippen LogP contribution in [0.2, 0.25) is 0 Å². The van der Waals surface area contributed by atoms with Gasteiger partial charge >= 0.3 is 35.8 Å². The lowest BCUT2D eigenvalue weighted by Gasteiger charge is -2.42. The number of aliphatic hydroxyl groups is 1. The highest BCUT2D eigenvalue weighted by Crippen LogP contribution is 2.61. The average Bonchev–Trinajstić information content (AvgIpc) is 3.15. The first-order valence-corrected chi connectivity index (χ1v) is 9.28. The summed E-state index contributed by atoms with van der Waals surface area (Å²) in [5.74, 6) is -40.0. The summed E-state index contributed by atoms with van der Waals surface area (Å²) in [6.45, 7) is 5.13. The number of hydrogen-bond acceptors (Lipinski definition) is 5. The lowest BCUT2D eigenvalue weighted by atomic mass is 9.88. The van der Waals surface area contributed by atoms with Gasteiger partial charge in [-0.15, -0.1) is 6.58 Å². The van der Waals surface area contributed by atoms with Gasteiger partial charge in [0.25, 0.3) is 0 Å². The minimum absolute atomic E-state index is 0.571. The summed E-state index contributed by atoms with van der Waals surface area (Å²) in [4.78, 5) is 0. The molecule has 5 atom stereocenters. The predicted molar refractivity (Wildman–Crippen MR) is 85.4 cm³/mol. The van der Waals surface area contributed by atoms with Crippen LogP contribution >= 0.6 is 0 Å². The molecule has 2 saturated heterocycles. The van der Waals surface area contributed by atoms with Crippen molar-refractivity contribution in [2.75, 3.05) is 6.61 Å². The fourth-order valence-electron chi connectivity index (χ4n) is 3.30. The van der Waals surface area contributed by atoms with E-state index in [4.69, 9.17) is 18.9 Å². The third kappa shape index (κ3) is 4.38. The predicted octanol–water partition coefficient (Wildman–Crippen LogP) is 4.53. The highest BCUT2D eigenvalue weighted by molar-refractivity contribution is 5.13. The molecule has 0 aliphatic carbocycles. The number of alkyl halides is 13. The highest BCUT2D eigenvalue weighted by atomic mass is 19.4. The molecule has 2 heterocycles. The largest absolute Gasteiger partial charge is 0.460 e. The molecule has 0 bridgehead atoms. The molecule has 0 aromatic heterocycles. The molecule has 35 heavy (non-hydrogen) atoms. The van der Waals surface area contributed by atoms with Crippen LogP contribution in [0.3, 0.4) is 0 Å². The van der Waals surface area contributed by atoms with Crippen LogP contribution in [-0.4, -0.2) is 84.0 Å². The average molecular weight is 548 g/mol. The van der Waals surface area contributed by atoms with E-state index in [-0.39, 0.29) is 0 Å². The Bertz CT molecular complexity index is 798. The first kappa shape index (κ1) is 29.9. The Kier molecular flexibility index (Phi) is 7.33. The molecule has 0 radical (unpaired) electrons. The fraction of sp³-hybridized carbons (Fsp3) is 0.882. The van der Waals surface area contributed by atoms with E-state index in [1.807, 2.05) is 0 Å². The Balaban J connectivity index is 2.46. The minimum Gasteiger partial charge on any atom is -0.384 e. The van der Waals surface area contributed by atoms with Crippen LogP contribution in [0.15, 0.2) is 12.7 Å². The van der Waals surface area contributed by atoms with E-state index in [0.717, 1.165) is 6.08 Å². The van der Waals surface area contributed by atoms with E-state index in [1.54, 1.807) is 0 Å². The van der Waals surface area contributed by atoms with Gasteiger partial charge < -0.3 is 24.1 Å². The van der Waals surface area contributed by atoms with Gasteiger partial charge in [0.1, 0.15) is 18.3 Å². The lowest BCUT2D eigenvalue weighted by molar-refractivity contribution is -0.446.